The van der Waals surface area contributed by atoms with E-state index in [4.69, 9.17) is 5.41 Å². The minimum atomic E-state index is 0.387. The number of aromatic nitrogens is 2. The lowest BCUT2D eigenvalue weighted by atomic mass is 10.0. The Bertz CT molecular complexity index is 1000. The highest BCUT2D eigenvalue weighted by molar-refractivity contribution is 6.29. The van der Waals surface area contributed by atoms with Crippen LogP contribution in [0.1, 0.15) is 5.56 Å². The van der Waals surface area contributed by atoms with Gasteiger partial charge in [-0.15, -0.1) is 0 Å². The van der Waals surface area contributed by atoms with Gasteiger partial charge in [0, 0.05) is 27.7 Å². The van der Waals surface area contributed by atoms with Gasteiger partial charge in [-0.1, -0.05) is 12.1 Å². The van der Waals surface area contributed by atoms with Crippen LogP contribution in [0.15, 0.2) is 36.5 Å². The van der Waals surface area contributed by atoms with Crippen LogP contribution in [-0.2, 0) is 0 Å². The van der Waals surface area contributed by atoms with Crippen molar-refractivity contribution in [3.8, 4) is 6.07 Å². The number of benzene rings is 2. The van der Waals surface area contributed by atoms with Gasteiger partial charge >= 0.3 is 0 Å². The van der Waals surface area contributed by atoms with E-state index in [0.717, 1.165) is 32.4 Å². The number of nitriles is 1. The zero-order valence-electron chi connectivity index (χ0n) is 9.86. The Kier molecular flexibility index (Phi) is 1.74. The molecule has 0 radical (unpaired) electrons. The highest BCUT2D eigenvalue weighted by Crippen LogP contribution is 2.36. The SMILES string of the molecule is N#Cc1ccc2c3[nH]nccc3c3ccc(=N)c1c32. The van der Waals surface area contributed by atoms with Crippen molar-refractivity contribution in [2.75, 3.05) is 0 Å². The first-order valence-electron chi connectivity index (χ1n) is 5.90. The lowest BCUT2D eigenvalue weighted by Gasteiger charge is -2.00. The Labute approximate surface area is 107 Å². The van der Waals surface area contributed by atoms with Crippen molar-refractivity contribution in [1.82, 2.24) is 10.2 Å². The van der Waals surface area contributed by atoms with Gasteiger partial charge in [0.05, 0.1) is 22.5 Å². The van der Waals surface area contributed by atoms with Gasteiger partial charge in [-0.25, -0.2) is 0 Å². The molecular formula is C15H8N4. The summed E-state index contributed by atoms with van der Waals surface area (Å²) in [6.45, 7) is 0. The van der Waals surface area contributed by atoms with Crippen molar-refractivity contribution >= 4 is 32.4 Å². The summed E-state index contributed by atoms with van der Waals surface area (Å²) < 4.78 is 0. The van der Waals surface area contributed by atoms with Crippen LogP contribution in [0.4, 0.5) is 0 Å². The second-order valence-electron chi connectivity index (χ2n) is 4.53. The highest BCUT2D eigenvalue weighted by Gasteiger charge is 2.14. The molecule has 0 bridgehead atoms. The summed E-state index contributed by atoms with van der Waals surface area (Å²) in [5, 5.41) is 29.6. The number of nitrogens with zero attached hydrogens (tertiary/aromatic N) is 2. The zero-order chi connectivity index (χ0) is 13.0. The molecule has 1 aromatic heterocycles. The Morgan fingerprint density at radius 1 is 1.00 bits per heavy atom. The second-order valence-corrected chi connectivity index (χ2v) is 4.53. The van der Waals surface area contributed by atoms with E-state index < -0.39 is 0 Å². The number of hydrogen-bond acceptors (Lipinski definition) is 3. The maximum absolute atomic E-state index is 9.23. The molecule has 0 atom stereocenters. The van der Waals surface area contributed by atoms with E-state index in [0.29, 0.717) is 10.9 Å². The predicted molar refractivity (Wildman–Crippen MR) is 72.9 cm³/mol. The molecule has 0 aliphatic rings. The van der Waals surface area contributed by atoms with Crippen molar-refractivity contribution in [2.45, 2.75) is 0 Å². The van der Waals surface area contributed by atoms with Gasteiger partial charge in [-0.2, -0.15) is 10.4 Å². The number of fused-ring (bicyclic) bond motifs is 3. The summed E-state index contributed by atoms with van der Waals surface area (Å²) in [6.07, 6.45) is 1.72. The van der Waals surface area contributed by atoms with Crippen LogP contribution in [0.25, 0.3) is 32.4 Å². The van der Waals surface area contributed by atoms with Crippen LogP contribution >= 0.6 is 0 Å². The molecule has 1 heterocycles. The zero-order valence-corrected chi connectivity index (χ0v) is 9.86. The fourth-order valence-electron chi connectivity index (χ4n) is 2.81. The minimum Gasteiger partial charge on any atom is -0.300 e. The van der Waals surface area contributed by atoms with Crippen molar-refractivity contribution < 1.29 is 0 Å². The van der Waals surface area contributed by atoms with Crippen molar-refractivity contribution in [1.29, 1.82) is 10.7 Å². The third-order valence-corrected chi connectivity index (χ3v) is 3.60. The summed E-state index contributed by atoms with van der Waals surface area (Å²) in [7, 11) is 0. The van der Waals surface area contributed by atoms with E-state index in [1.807, 2.05) is 18.2 Å². The normalized spacial score (nSPS) is 11.3. The molecule has 0 aliphatic carbocycles. The van der Waals surface area contributed by atoms with E-state index in [9.17, 15) is 5.26 Å². The molecule has 88 valence electrons. The molecule has 4 nitrogen and oxygen atoms in total. The fourth-order valence-corrected chi connectivity index (χ4v) is 2.81. The number of rotatable bonds is 0. The third-order valence-electron chi connectivity index (χ3n) is 3.60. The molecule has 2 N–H and O–H groups in total. The van der Waals surface area contributed by atoms with Crippen molar-refractivity contribution in [2.24, 2.45) is 0 Å². The Hall–Kier alpha value is -2.93. The van der Waals surface area contributed by atoms with E-state index in [2.05, 4.69) is 16.3 Å². The second kappa shape index (κ2) is 3.30. The van der Waals surface area contributed by atoms with E-state index >= 15 is 0 Å². The molecule has 0 fully saturated rings. The molecule has 4 heteroatoms. The first kappa shape index (κ1) is 10.0. The average Bonchev–Trinajstić information content (AvgIpc) is 2.78. The summed E-state index contributed by atoms with van der Waals surface area (Å²) in [5.41, 5.74) is 1.50. The molecular weight excluding hydrogens is 236 g/mol. The predicted octanol–water partition coefficient (Wildman–Crippen LogP) is 2.66. The van der Waals surface area contributed by atoms with Gasteiger partial charge in [0.2, 0.25) is 0 Å². The van der Waals surface area contributed by atoms with Crippen molar-refractivity contribution in [3.05, 3.63) is 47.4 Å². The van der Waals surface area contributed by atoms with Crippen LogP contribution in [0.3, 0.4) is 0 Å². The lowest BCUT2D eigenvalue weighted by Crippen LogP contribution is -2.00. The topological polar surface area (TPSA) is 76.3 Å². The molecule has 0 saturated heterocycles. The maximum atomic E-state index is 9.23. The molecule has 0 saturated carbocycles. The monoisotopic (exact) mass is 244 g/mol. The largest absolute Gasteiger partial charge is 0.300 e. The van der Waals surface area contributed by atoms with Crippen LogP contribution in [0.5, 0.6) is 0 Å². The Balaban J connectivity index is 2.50. The van der Waals surface area contributed by atoms with E-state index in [1.54, 1.807) is 18.3 Å². The van der Waals surface area contributed by atoms with Gasteiger partial charge in [-0.05, 0) is 23.6 Å². The van der Waals surface area contributed by atoms with E-state index in [1.165, 1.54) is 0 Å². The molecule has 0 amide bonds. The van der Waals surface area contributed by atoms with Crippen LogP contribution in [0, 0.1) is 16.7 Å². The summed E-state index contributed by atoms with van der Waals surface area (Å²) in [5.74, 6) is 0. The standard InChI is InChI=1S/C15H8N4/c16-7-8-1-2-11-14-9(3-4-12(17)13(8)14)10-5-6-18-19-15(10)11/h1-6,17,19H. The van der Waals surface area contributed by atoms with Crippen LogP contribution in [-0.4, -0.2) is 10.2 Å². The number of hydrogen-bond donors (Lipinski definition) is 2. The molecule has 19 heavy (non-hydrogen) atoms. The minimum absolute atomic E-state index is 0.387. The maximum Gasteiger partial charge on any atom is 0.0998 e. The van der Waals surface area contributed by atoms with Crippen LogP contribution < -0.4 is 5.36 Å². The molecule has 0 spiro atoms. The average molecular weight is 244 g/mol. The Morgan fingerprint density at radius 3 is 2.68 bits per heavy atom. The smallest absolute Gasteiger partial charge is 0.0998 e. The van der Waals surface area contributed by atoms with Gasteiger partial charge in [0.15, 0.2) is 0 Å². The molecule has 4 aromatic rings. The number of H-pyrrole nitrogens is 1. The van der Waals surface area contributed by atoms with E-state index in [-0.39, 0.29) is 0 Å². The summed E-state index contributed by atoms with van der Waals surface area (Å²) >= 11 is 0. The quantitative estimate of drug-likeness (QED) is 0.499. The third kappa shape index (κ3) is 1.11. The first-order valence-corrected chi connectivity index (χ1v) is 5.90. The number of aromatic amines is 1. The van der Waals surface area contributed by atoms with Gasteiger partial charge in [0.1, 0.15) is 0 Å². The molecule has 4 rings (SSSR count). The molecule has 0 aliphatic heterocycles. The molecule has 0 unspecified atom stereocenters. The number of nitrogens with one attached hydrogen (secondary N) is 2. The lowest BCUT2D eigenvalue weighted by molar-refractivity contribution is 1.08. The Morgan fingerprint density at radius 2 is 1.84 bits per heavy atom. The van der Waals surface area contributed by atoms with Gasteiger partial charge < -0.3 is 5.41 Å². The first-order chi connectivity index (χ1) is 9.31. The van der Waals surface area contributed by atoms with Crippen molar-refractivity contribution in [3.63, 3.8) is 0 Å². The molecule has 3 aromatic carbocycles. The summed E-state index contributed by atoms with van der Waals surface area (Å²) in [4.78, 5) is 0. The fraction of sp³-hybridized carbons (Fsp3) is 0. The summed E-state index contributed by atoms with van der Waals surface area (Å²) in [6, 6.07) is 11.5. The van der Waals surface area contributed by atoms with Crippen LogP contribution in [0.2, 0.25) is 0 Å². The van der Waals surface area contributed by atoms with Gasteiger partial charge in [-0.3, -0.25) is 5.10 Å². The highest BCUT2D eigenvalue weighted by atomic mass is 15.1. The van der Waals surface area contributed by atoms with Gasteiger partial charge in [0.25, 0.3) is 0 Å².